The Labute approximate surface area is 129 Å². The molecule has 1 heterocycles. The predicted molar refractivity (Wildman–Crippen MR) is 83.9 cm³/mol. The van der Waals surface area contributed by atoms with Gasteiger partial charge in [0.05, 0.1) is 5.02 Å². The topological polar surface area (TPSA) is 62.0 Å². The van der Waals surface area contributed by atoms with Crippen LogP contribution >= 0.6 is 11.6 Å². The van der Waals surface area contributed by atoms with Crippen molar-refractivity contribution in [2.45, 2.75) is 0 Å². The number of carbonyl (C=O) groups is 1. The zero-order valence-electron chi connectivity index (χ0n) is 11.2. The van der Waals surface area contributed by atoms with E-state index in [1.165, 1.54) is 12.1 Å². The van der Waals surface area contributed by atoms with Crippen molar-refractivity contribution < 1.29 is 9.18 Å². The Bertz CT molecular complexity index is 937. The fourth-order valence-electron chi connectivity index (χ4n) is 2.11. The smallest absolute Gasteiger partial charge is 0.272 e. The summed E-state index contributed by atoms with van der Waals surface area (Å²) >= 11 is 5.66. The van der Waals surface area contributed by atoms with Gasteiger partial charge in [0.15, 0.2) is 0 Å². The molecule has 3 aromatic rings. The van der Waals surface area contributed by atoms with Crippen LogP contribution in [0.25, 0.3) is 10.8 Å². The standard InChI is InChI=1S/C16H10ClFN2O2/c17-12-8-10(5-6-13(12)18)19-16(22)14-7-9-3-1-2-4-11(9)15(21)20-14/h1-8H,(H,19,22)(H,20,21). The number of anilines is 1. The zero-order chi connectivity index (χ0) is 15.7. The van der Waals surface area contributed by atoms with E-state index in [2.05, 4.69) is 10.3 Å². The van der Waals surface area contributed by atoms with Gasteiger partial charge in [0.25, 0.3) is 11.5 Å². The number of carbonyl (C=O) groups excluding carboxylic acids is 1. The van der Waals surface area contributed by atoms with E-state index in [0.717, 1.165) is 6.07 Å². The van der Waals surface area contributed by atoms with E-state index in [0.29, 0.717) is 16.5 Å². The fraction of sp³-hybridized carbons (Fsp3) is 0. The molecule has 0 aliphatic carbocycles. The molecule has 110 valence electrons. The lowest BCUT2D eigenvalue weighted by Crippen LogP contribution is -2.18. The van der Waals surface area contributed by atoms with E-state index < -0.39 is 11.7 Å². The number of nitrogens with one attached hydrogen (secondary N) is 2. The van der Waals surface area contributed by atoms with Crippen molar-refractivity contribution in [1.29, 1.82) is 0 Å². The Kier molecular flexibility index (Phi) is 3.65. The molecule has 0 spiro atoms. The summed E-state index contributed by atoms with van der Waals surface area (Å²) in [6.45, 7) is 0. The van der Waals surface area contributed by atoms with Crippen molar-refractivity contribution in [2.24, 2.45) is 0 Å². The predicted octanol–water partition coefficient (Wildman–Crippen LogP) is 3.57. The van der Waals surface area contributed by atoms with Gasteiger partial charge in [0.2, 0.25) is 0 Å². The molecule has 0 aliphatic rings. The van der Waals surface area contributed by atoms with Gasteiger partial charge in [0, 0.05) is 11.1 Å². The van der Waals surface area contributed by atoms with Crippen molar-refractivity contribution >= 4 is 34.0 Å². The number of rotatable bonds is 2. The minimum Gasteiger partial charge on any atom is -0.321 e. The lowest BCUT2D eigenvalue weighted by atomic mass is 10.1. The first-order valence-electron chi connectivity index (χ1n) is 6.43. The van der Waals surface area contributed by atoms with E-state index in [1.54, 1.807) is 30.3 Å². The van der Waals surface area contributed by atoms with Gasteiger partial charge in [-0.1, -0.05) is 29.8 Å². The zero-order valence-corrected chi connectivity index (χ0v) is 11.9. The first-order valence-corrected chi connectivity index (χ1v) is 6.81. The van der Waals surface area contributed by atoms with Crippen LogP contribution < -0.4 is 10.9 Å². The normalized spacial score (nSPS) is 10.6. The van der Waals surface area contributed by atoms with E-state index >= 15 is 0 Å². The Hall–Kier alpha value is -2.66. The Morgan fingerprint density at radius 3 is 2.68 bits per heavy atom. The van der Waals surface area contributed by atoms with Crippen molar-refractivity contribution in [3.63, 3.8) is 0 Å². The number of H-pyrrole nitrogens is 1. The number of hydrogen-bond acceptors (Lipinski definition) is 2. The third-order valence-electron chi connectivity index (χ3n) is 3.18. The van der Waals surface area contributed by atoms with Crippen LogP contribution in [-0.2, 0) is 0 Å². The molecule has 2 aromatic carbocycles. The molecule has 22 heavy (non-hydrogen) atoms. The van der Waals surface area contributed by atoms with Crippen molar-refractivity contribution in [1.82, 2.24) is 4.98 Å². The summed E-state index contributed by atoms with van der Waals surface area (Å²) in [6.07, 6.45) is 0. The van der Waals surface area contributed by atoms with Gasteiger partial charge in [-0.25, -0.2) is 4.39 Å². The molecule has 0 aliphatic heterocycles. The molecule has 2 N–H and O–H groups in total. The number of hydrogen-bond donors (Lipinski definition) is 2. The summed E-state index contributed by atoms with van der Waals surface area (Å²) in [6, 6.07) is 12.4. The maximum atomic E-state index is 13.1. The van der Waals surface area contributed by atoms with Crippen LogP contribution in [0.5, 0.6) is 0 Å². The molecule has 0 unspecified atom stereocenters. The summed E-state index contributed by atoms with van der Waals surface area (Å²) in [5.41, 5.74) is 0.106. The first-order chi connectivity index (χ1) is 10.5. The third-order valence-corrected chi connectivity index (χ3v) is 3.47. The van der Waals surface area contributed by atoms with Crippen LogP contribution in [-0.4, -0.2) is 10.9 Å². The number of fused-ring (bicyclic) bond motifs is 1. The number of aromatic nitrogens is 1. The van der Waals surface area contributed by atoms with Gasteiger partial charge in [-0.15, -0.1) is 0 Å². The van der Waals surface area contributed by atoms with Crippen molar-refractivity contribution in [2.75, 3.05) is 5.32 Å². The Balaban J connectivity index is 1.95. The molecule has 0 saturated carbocycles. The van der Waals surface area contributed by atoms with Gasteiger partial charge in [-0.05, 0) is 35.7 Å². The van der Waals surface area contributed by atoms with Crippen molar-refractivity contribution in [3.05, 3.63) is 75.4 Å². The first kappa shape index (κ1) is 14.3. The SMILES string of the molecule is O=C(Nc1ccc(F)c(Cl)c1)c1cc2ccccc2c(=O)[nH]1. The molecule has 1 amide bonds. The molecule has 3 rings (SSSR count). The highest BCUT2D eigenvalue weighted by Crippen LogP contribution is 2.20. The number of pyridine rings is 1. The number of aromatic amines is 1. The molecule has 4 nitrogen and oxygen atoms in total. The number of halogens is 2. The quantitative estimate of drug-likeness (QED) is 0.759. The second kappa shape index (κ2) is 5.61. The highest BCUT2D eigenvalue weighted by Gasteiger charge is 2.10. The molecule has 0 atom stereocenters. The van der Waals surface area contributed by atoms with Gasteiger partial charge >= 0.3 is 0 Å². The van der Waals surface area contributed by atoms with Gasteiger partial charge in [-0.3, -0.25) is 9.59 Å². The van der Waals surface area contributed by atoms with Crippen LogP contribution in [0.3, 0.4) is 0 Å². The lowest BCUT2D eigenvalue weighted by molar-refractivity contribution is 0.102. The van der Waals surface area contributed by atoms with Crippen LogP contribution in [0.4, 0.5) is 10.1 Å². The summed E-state index contributed by atoms with van der Waals surface area (Å²) in [4.78, 5) is 26.7. The summed E-state index contributed by atoms with van der Waals surface area (Å²) in [5.74, 6) is -1.08. The van der Waals surface area contributed by atoms with E-state index in [4.69, 9.17) is 11.6 Å². The minimum atomic E-state index is -0.571. The fourth-order valence-corrected chi connectivity index (χ4v) is 2.29. The summed E-state index contributed by atoms with van der Waals surface area (Å²) < 4.78 is 13.1. The molecular weight excluding hydrogens is 307 g/mol. The molecule has 0 radical (unpaired) electrons. The van der Waals surface area contributed by atoms with E-state index in [1.807, 2.05) is 0 Å². The molecule has 0 saturated heterocycles. The summed E-state index contributed by atoms with van der Waals surface area (Å²) in [5, 5.41) is 3.63. The molecule has 6 heteroatoms. The van der Waals surface area contributed by atoms with E-state index in [-0.39, 0.29) is 16.3 Å². The highest BCUT2D eigenvalue weighted by atomic mass is 35.5. The largest absolute Gasteiger partial charge is 0.321 e. The van der Waals surface area contributed by atoms with E-state index in [9.17, 15) is 14.0 Å². The van der Waals surface area contributed by atoms with Crippen LogP contribution in [0.15, 0.2) is 53.3 Å². The maximum absolute atomic E-state index is 13.1. The van der Waals surface area contributed by atoms with Gasteiger partial charge < -0.3 is 10.3 Å². The molecule has 0 fully saturated rings. The Morgan fingerprint density at radius 1 is 1.14 bits per heavy atom. The van der Waals surface area contributed by atoms with Gasteiger partial charge in [-0.2, -0.15) is 0 Å². The molecule has 1 aromatic heterocycles. The lowest BCUT2D eigenvalue weighted by Gasteiger charge is -2.07. The number of amides is 1. The average molecular weight is 317 g/mol. The Morgan fingerprint density at radius 2 is 1.91 bits per heavy atom. The molecular formula is C16H10ClFN2O2. The monoisotopic (exact) mass is 316 g/mol. The second-order valence-electron chi connectivity index (χ2n) is 4.68. The van der Waals surface area contributed by atoms with Crippen molar-refractivity contribution in [3.8, 4) is 0 Å². The molecule has 0 bridgehead atoms. The number of benzene rings is 2. The highest BCUT2D eigenvalue weighted by molar-refractivity contribution is 6.31. The maximum Gasteiger partial charge on any atom is 0.272 e. The minimum absolute atomic E-state index is 0.0928. The van der Waals surface area contributed by atoms with Crippen LogP contribution in [0.1, 0.15) is 10.5 Å². The third kappa shape index (κ3) is 2.71. The van der Waals surface area contributed by atoms with Gasteiger partial charge in [0.1, 0.15) is 11.5 Å². The van der Waals surface area contributed by atoms with Crippen LogP contribution in [0, 0.1) is 5.82 Å². The second-order valence-corrected chi connectivity index (χ2v) is 5.09. The average Bonchev–Trinajstić information content (AvgIpc) is 2.51. The van der Waals surface area contributed by atoms with Crippen LogP contribution in [0.2, 0.25) is 5.02 Å². The summed E-state index contributed by atoms with van der Waals surface area (Å²) in [7, 11) is 0.